The second-order valence-electron chi connectivity index (χ2n) is 9.57. The van der Waals surface area contributed by atoms with Crippen LogP contribution in [0.1, 0.15) is 43.2 Å². The van der Waals surface area contributed by atoms with Crippen LogP contribution in [0.2, 0.25) is 0 Å². The molecule has 1 saturated heterocycles. The molecule has 3 heterocycles. The van der Waals surface area contributed by atoms with Gasteiger partial charge in [0, 0.05) is 43.0 Å². The van der Waals surface area contributed by atoms with E-state index in [0.717, 1.165) is 52.4 Å². The van der Waals surface area contributed by atoms with Crippen molar-refractivity contribution in [1.29, 1.82) is 0 Å². The number of anilines is 1. The first kappa shape index (κ1) is 27.2. The fourth-order valence-electron chi connectivity index (χ4n) is 4.54. The summed E-state index contributed by atoms with van der Waals surface area (Å²) in [6.07, 6.45) is 5.73. The number of aromatic nitrogens is 2. The first-order valence-corrected chi connectivity index (χ1v) is 15.1. The zero-order valence-corrected chi connectivity index (χ0v) is 23.4. The molecule has 4 rings (SSSR count). The van der Waals surface area contributed by atoms with Crippen LogP contribution in [-0.4, -0.2) is 48.7 Å². The Balaban J connectivity index is 1.59. The topological polar surface area (TPSA) is 70.8 Å². The normalized spacial score (nSPS) is 15.8. The summed E-state index contributed by atoms with van der Waals surface area (Å²) in [5.41, 5.74) is 5.37. The van der Waals surface area contributed by atoms with Gasteiger partial charge in [0.1, 0.15) is 11.3 Å². The van der Waals surface area contributed by atoms with Gasteiger partial charge >= 0.3 is 0 Å². The summed E-state index contributed by atoms with van der Waals surface area (Å²) in [5.74, 6) is 0.0305. The van der Waals surface area contributed by atoms with Crippen LogP contribution in [0.4, 0.5) is 9.52 Å². The predicted octanol–water partition coefficient (Wildman–Crippen LogP) is 5.12. The average Bonchev–Trinajstić information content (AvgIpc) is 3.34. The van der Waals surface area contributed by atoms with Crippen molar-refractivity contribution >= 4 is 26.5 Å². The highest BCUT2D eigenvalue weighted by Crippen LogP contribution is 2.30. The molecule has 2 aromatic heterocycles. The Hall–Kier alpha value is -2.82. The third kappa shape index (κ3) is 6.55. The number of piperidine rings is 1. The van der Waals surface area contributed by atoms with Crippen molar-refractivity contribution in [2.45, 2.75) is 45.7 Å². The Bertz CT molecular complexity index is 1450. The van der Waals surface area contributed by atoms with Crippen LogP contribution < -0.4 is 10.4 Å². The van der Waals surface area contributed by atoms with Gasteiger partial charge < -0.3 is 9.47 Å². The lowest BCUT2D eigenvalue weighted by Gasteiger charge is -2.31. The highest BCUT2D eigenvalue weighted by Gasteiger charge is 2.26. The van der Waals surface area contributed by atoms with Gasteiger partial charge in [0.05, 0.1) is 18.6 Å². The lowest BCUT2D eigenvalue weighted by Crippen LogP contribution is -2.37. The standard InChI is InChI=1S/C27H34FN5O2S2/c1-6-20(3)29-26-10-7-22(21-11-13-33(14-12-21)37(5,34)35)16-32(26)18-31(4)27-30-25(17-36-27)24-9-8-23(28)15-19(24)2/h7-10,15-17,21H,3,6,11-14,18H2,1-2,4-5H3/b29-26-. The van der Waals surface area contributed by atoms with Crippen LogP contribution in [0, 0.1) is 12.7 Å². The molecule has 37 heavy (non-hydrogen) atoms. The molecular weight excluding hydrogens is 509 g/mol. The summed E-state index contributed by atoms with van der Waals surface area (Å²) in [6, 6.07) is 8.86. The number of aryl methyl sites for hydroxylation is 1. The zero-order chi connectivity index (χ0) is 26.7. The van der Waals surface area contributed by atoms with Crippen molar-refractivity contribution in [3.8, 4) is 11.3 Å². The van der Waals surface area contributed by atoms with Gasteiger partial charge in [-0.05, 0) is 67.5 Å². The number of pyridine rings is 1. The van der Waals surface area contributed by atoms with Crippen LogP contribution in [-0.2, 0) is 16.7 Å². The van der Waals surface area contributed by atoms with Crippen molar-refractivity contribution in [3.63, 3.8) is 0 Å². The molecule has 0 spiro atoms. The average molecular weight is 544 g/mol. The fraction of sp³-hybridized carbons (Fsp3) is 0.407. The van der Waals surface area contributed by atoms with Gasteiger partial charge in [0.15, 0.2) is 5.13 Å². The van der Waals surface area contributed by atoms with E-state index >= 15 is 0 Å². The Labute approximate surface area is 222 Å². The van der Waals surface area contributed by atoms with Gasteiger partial charge in [-0.25, -0.2) is 27.1 Å². The summed E-state index contributed by atoms with van der Waals surface area (Å²) in [4.78, 5) is 11.6. The Morgan fingerprint density at radius 3 is 2.65 bits per heavy atom. The second-order valence-corrected chi connectivity index (χ2v) is 12.4. The molecule has 0 N–H and O–H groups in total. The minimum Gasteiger partial charge on any atom is -0.333 e. The van der Waals surface area contributed by atoms with Gasteiger partial charge in [-0.3, -0.25) is 0 Å². The number of rotatable bonds is 8. The Kier molecular flexibility index (Phi) is 8.30. The molecule has 10 heteroatoms. The first-order valence-electron chi connectivity index (χ1n) is 12.4. The number of hydrogen-bond acceptors (Lipinski definition) is 6. The number of halogens is 1. The molecule has 0 atom stereocenters. The zero-order valence-electron chi connectivity index (χ0n) is 21.8. The van der Waals surface area contributed by atoms with Crippen molar-refractivity contribution < 1.29 is 12.8 Å². The van der Waals surface area contributed by atoms with E-state index in [1.165, 1.54) is 24.0 Å². The molecule has 0 radical (unpaired) electrons. The van der Waals surface area contributed by atoms with Crippen LogP contribution in [0.3, 0.4) is 0 Å². The van der Waals surface area contributed by atoms with Crippen molar-refractivity contribution in [1.82, 2.24) is 13.9 Å². The summed E-state index contributed by atoms with van der Waals surface area (Å²) in [6.45, 7) is 9.56. The molecule has 3 aromatic rings. The van der Waals surface area contributed by atoms with E-state index in [4.69, 9.17) is 9.98 Å². The lowest BCUT2D eigenvalue weighted by molar-refractivity contribution is 0.320. The number of nitrogens with zero attached hydrogens (tertiary/aromatic N) is 5. The summed E-state index contributed by atoms with van der Waals surface area (Å²) < 4.78 is 41.0. The first-order chi connectivity index (χ1) is 17.5. The second kappa shape index (κ2) is 11.3. The Morgan fingerprint density at radius 1 is 1.27 bits per heavy atom. The van der Waals surface area contributed by atoms with E-state index in [2.05, 4.69) is 28.3 Å². The van der Waals surface area contributed by atoms with Crippen molar-refractivity contribution in [2.24, 2.45) is 4.99 Å². The van der Waals surface area contributed by atoms with Crippen molar-refractivity contribution in [2.75, 3.05) is 31.3 Å². The number of thiazole rings is 1. The highest BCUT2D eigenvalue weighted by molar-refractivity contribution is 7.88. The minimum absolute atomic E-state index is 0.253. The molecular formula is C27H34FN5O2S2. The Morgan fingerprint density at radius 2 is 2.00 bits per heavy atom. The number of allylic oxidation sites excluding steroid dienone is 1. The van der Waals surface area contributed by atoms with E-state index in [9.17, 15) is 12.8 Å². The molecule has 0 unspecified atom stereocenters. The molecule has 1 fully saturated rings. The van der Waals surface area contributed by atoms with E-state index in [-0.39, 0.29) is 11.7 Å². The van der Waals surface area contributed by atoms with Crippen LogP contribution >= 0.6 is 11.3 Å². The maximum atomic E-state index is 13.6. The molecule has 0 aliphatic carbocycles. The van der Waals surface area contributed by atoms with E-state index in [0.29, 0.717) is 19.8 Å². The predicted molar refractivity (Wildman–Crippen MR) is 148 cm³/mol. The summed E-state index contributed by atoms with van der Waals surface area (Å²) in [5, 5.41) is 2.84. The SMILES string of the molecule is C=C(CC)/N=c1/ccc(C2CCN(S(C)(=O)=O)CC2)cn1CN(C)c1nc(-c2ccc(F)cc2C)cs1. The minimum atomic E-state index is -3.16. The fourth-order valence-corrected chi connectivity index (χ4v) is 6.20. The largest absolute Gasteiger partial charge is 0.333 e. The van der Waals surface area contributed by atoms with E-state index in [1.54, 1.807) is 21.7 Å². The molecule has 1 aromatic carbocycles. The summed E-state index contributed by atoms with van der Waals surface area (Å²) in [7, 11) is -1.17. The quantitative estimate of drug-likeness (QED) is 0.396. The molecule has 0 bridgehead atoms. The van der Waals surface area contributed by atoms with E-state index < -0.39 is 10.0 Å². The van der Waals surface area contributed by atoms with Gasteiger partial charge in [0.2, 0.25) is 10.0 Å². The van der Waals surface area contributed by atoms with Gasteiger partial charge in [-0.15, -0.1) is 11.3 Å². The van der Waals surface area contributed by atoms with Crippen LogP contribution in [0.5, 0.6) is 0 Å². The maximum absolute atomic E-state index is 13.6. The van der Waals surface area contributed by atoms with Gasteiger partial charge in [-0.1, -0.05) is 19.6 Å². The van der Waals surface area contributed by atoms with Crippen LogP contribution in [0.25, 0.3) is 11.3 Å². The number of benzene rings is 1. The van der Waals surface area contributed by atoms with Gasteiger partial charge in [0.25, 0.3) is 0 Å². The third-order valence-electron chi connectivity index (χ3n) is 6.75. The lowest BCUT2D eigenvalue weighted by atomic mass is 9.91. The molecule has 1 aliphatic heterocycles. The number of sulfonamides is 1. The smallest absolute Gasteiger partial charge is 0.211 e. The van der Waals surface area contributed by atoms with E-state index in [1.807, 2.05) is 32.3 Å². The summed E-state index contributed by atoms with van der Waals surface area (Å²) >= 11 is 1.54. The molecule has 0 amide bonds. The number of hydrogen-bond donors (Lipinski definition) is 0. The van der Waals surface area contributed by atoms with Crippen LogP contribution in [0.15, 0.2) is 59.2 Å². The van der Waals surface area contributed by atoms with Crippen molar-refractivity contribution in [3.05, 3.63) is 76.6 Å². The van der Waals surface area contributed by atoms with Gasteiger partial charge in [-0.2, -0.15) is 0 Å². The highest BCUT2D eigenvalue weighted by atomic mass is 32.2. The third-order valence-corrected chi connectivity index (χ3v) is 9.00. The molecule has 7 nitrogen and oxygen atoms in total. The molecule has 198 valence electrons. The monoisotopic (exact) mass is 543 g/mol. The molecule has 0 saturated carbocycles. The maximum Gasteiger partial charge on any atom is 0.211 e. The molecule has 1 aliphatic rings.